The van der Waals surface area contributed by atoms with Gasteiger partial charge in [0.1, 0.15) is 0 Å². The standard InChI is InChI=1S/C24H21N2O5S/c1-15-12-18(5-8-20(15)16-2-6-19(7-3-16)32(25,28)29)26-23(27)24(10-11-24)17-4-9-21-22(13-17)31-14-30-21/h2-9,12-13,25H,10-11,14H2,1H3,(H,26,27). The highest BCUT2D eigenvalue weighted by Crippen LogP contribution is 2.51. The largest absolute Gasteiger partial charge is 0.454 e. The first-order chi connectivity index (χ1) is 15.3. The molecule has 32 heavy (non-hydrogen) atoms. The van der Waals surface area contributed by atoms with Gasteiger partial charge in [0.25, 0.3) is 10.0 Å². The van der Waals surface area contributed by atoms with Gasteiger partial charge in [-0.05, 0) is 78.4 Å². The van der Waals surface area contributed by atoms with Crippen molar-refractivity contribution in [3.8, 4) is 22.6 Å². The van der Waals surface area contributed by atoms with Crippen molar-refractivity contribution in [1.29, 1.82) is 0 Å². The van der Waals surface area contributed by atoms with Crippen LogP contribution in [0, 0.1) is 6.92 Å². The molecule has 0 atom stereocenters. The Kier molecular flexibility index (Phi) is 4.72. The van der Waals surface area contributed by atoms with Crippen molar-refractivity contribution >= 4 is 21.6 Å². The number of fused-ring (bicyclic) bond motifs is 1. The maximum atomic E-state index is 13.1. The van der Waals surface area contributed by atoms with Crippen LogP contribution in [0.4, 0.5) is 5.69 Å². The molecule has 0 spiro atoms. The molecule has 3 aromatic carbocycles. The molecule has 1 radical (unpaired) electrons. The summed E-state index contributed by atoms with van der Waals surface area (Å²) in [6, 6.07) is 17.5. The number of hydrogen-bond acceptors (Lipinski definition) is 5. The SMILES string of the molecule is Cc1cc(NC(=O)C2(c3ccc4c(c3)OCO4)CC2)ccc1-c1ccc(S([NH])(=O)=O)cc1. The van der Waals surface area contributed by atoms with Crippen molar-refractivity contribution < 1.29 is 22.7 Å². The number of rotatable bonds is 5. The van der Waals surface area contributed by atoms with E-state index in [0.29, 0.717) is 17.2 Å². The Morgan fingerprint density at radius 1 is 0.969 bits per heavy atom. The number of carbonyl (C=O) groups excluding carboxylic acids is 1. The summed E-state index contributed by atoms with van der Waals surface area (Å²) in [6.07, 6.45) is 1.56. The lowest BCUT2D eigenvalue weighted by Crippen LogP contribution is -2.27. The molecule has 2 N–H and O–H groups in total. The summed E-state index contributed by atoms with van der Waals surface area (Å²) in [4.78, 5) is 13.1. The molecule has 0 aromatic heterocycles. The third-order valence-corrected chi connectivity index (χ3v) is 6.96. The highest BCUT2D eigenvalue weighted by molar-refractivity contribution is 7.88. The summed E-state index contributed by atoms with van der Waals surface area (Å²) in [5.74, 6) is 1.32. The van der Waals surface area contributed by atoms with E-state index >= 15 is 0 Å². The number of hydrogen-bond donors (Lipinski definition) is 1. The molecule has 0 bridgehead atoms. The predicted octanol–water partition coefficient (Wildman–Crippen LogP) is 4.03. The van der Waals surface area contributed by atoms with E-state index in [-0.39, 0.29) is 17.6 Å². The van der Waals surface area contributed by atoms with E-state index in [1.54, 1.807) is 12.1 Å². The lowest BCUT2D eigenvalue weighted by atomic mass is 9.94. The van der Waals surface area contributed by atoms with Gasteiger partial charge in [-0.1, -0.05) is 24.3 Å². The first-order valence-electron chi connectivity index (χ1n) is 10.2. The molecule has 8 heteroatoms. The maximum Gasteiger partial charge on any atom is 0.254 e. The summed E-state index contributed by atoms with van der Waals surface area (Å²) in [5.41, 5.74) is 3.79. The number of aryl methyl sites for hydroxylation is 1. The Morgan fingerprint density at radius 2 is 1.69 bits per heavy atom. The minimum absolute atomic E-state index is 0.0407. The molecule has 0 unspecified atom stereocenters. The molecule has 7 nitrogen and oxygen atoms in total. The number of nitrogens with one attached hydrogen (secondary N) is 2. The van der Waals surface area contributed by atoms with Gasteiger partial charge in [-0.25, -0.2) is 8.42 Å². The van der Waals surface area contributed by atoms with Gasteiger partial charge in [-0.3, -0.25) is 4.79 Å². The van der Waals surface area contributed by atoms with E-state index in [1.165, 1.54) is 12.1 Å². The molecule has 1 heterocycles. The first kappa shape index (κ1) is 20.5. The van der Waals surface area contributed by atoms with Crippen LogP contribution in [0.15, 0.2) is 65.6 Å². The second-order valence-electron chi connectivity index (χ2n) is 8.16. The molecular weight excluding hydrogens is 428 g/mol. The fraction of sp³-hybridized carbons (Fsp3) is 0.208. The van der Waals surface area contributed by atoms with Crippen LogP contribution in [0.25, 0.3) is 11.1 Å². The van der Waals surface area contributed by atoms with E-state index in [9.17, 15) is 13.2 Å². The normalized spacial score (nSPS) is 15.9. The highest BCUT2D eigenvalue weighted by Gasteiger charge is 2.51. The second kappa shape index (κ2) is 7.36. The van der Waals surface area contributed by atoms with Crippen molar-refractivity contribution in [1.82, 2.24) is 5.14 Å². The van der Waals surface area contributed by atoms with Crippen LogP contribution in [-0.2, 0) is 20.2 Å². The fourth-order valence-corrected chi connectivity index (χ4v) is 4.59. The van der Waals surface area contributed by atoms with E-state index in [0.717, 1.165) is 35.1 Å². The van der Waals surface area contributed by atoms with Gasteiger partial charge in [0, 0.05) is 5.69 Å². The number of ether oxygens (including phenoxy) is 2. The molecule has 0 saturated heterocycles. The average molecular weight is 450 g/mol. The molecule has 2 aliphatic rings. The average Bonchev–Trinajstić information content (AvgIpc) is 3.44. The predicted molar refractivity (Wildman–Crippen MR) is 119 cm³/mol. The molecule has 3 aromatic rings. The Morgan fingerprint density at radius 3 is 2.34 bits per heavy atom. The van der Waals surface area contributed by atoms with Gasteiger partial charge in [-0.15, -0.1) is 5.14 Å². The Hall–Kier alpha value is -3.36. The zero-order valence-corrected chi connectivity index (χ0v) is 18.2. The summed E-state index contributed by atoms with van der Waals surface area (Å²) in [6.45, 7) is 2.14. The van der Waals surface area contributed by atoms with Gasteiger partial charge in [0.2, 0.25) is 12.7 Å². The topological polar surface area (TPSA) is 106 Å². The van der Waals surface area contributed by atoms with Crippen LogP contribution in [0.1, 0.15) is 24.0 Å². The molecule has 1 saturated carbocycles. The van der Waals surface area contributed by atoms with Crippen LogP contribution in [0.3, 0.4) is 0 Å². The molecule has 1 aliphatic carbocycles. The van der Waals surface area contributed by atoms with E-state index in [4.69, 9.17) is 14.6 Å². The van der Waals surface area contributed by atoms with Gasteiger partial charge in [-0.2, -0.15) is 0 Å². The molecule has 163 valence electrons. The number of sulfonamides is 1. The van der Waals surface area contributed by atoms with Crippen LogP contribution < -0.4 is 19.9 Å². The van der Waals surface area contributed by atoms with Crippen molar-refractivity contribution in [3.05, 3.63) is 71.8 Å². The Balaban J connectivity index is 1.35. The highest BCUT2D eigenvalue weighted by atomic mass is 32.2. The molecule has 5 rings (SSSR count). The minimum Gasteiger partial charge on any atom is -0.454 e. The van der Waals surface area contributed by atoms with Gasteiger partial charge in [0.05, 0.1) is 10.3 Å². The van der Waals surface area contributed by atoms with Crippen LogP contribution in [0.5, 0.6) is 11.5 Å². The second-order valence-corrected chi connectivity index (χ2v) is 9.64. The van der Waals surface area contributed by atoms with Gasteiger partial charge >= 0.3 is 0 Å². The van der Waals surface area contributed by atoms with Crippen molar-refractivity contribution in [2.24, 2.45) is 0 Å². The Labute approximate surface area is 186 Å². The molecule has 1 amide bonds. The lowest BCUT2D eigenvalue weighted by molar-refractivity contribution is -0.118. The van der Waals surface area contributed by atoms with Gasteiger partial charge < -0.3 is 14.8 Å². The zero-order chi connectivity index (χ0) is 22.5. The molecular formula is C24H21N2O5S. The molecule has 1 aliphatic heterocycles. The third kappa shape index (κ3) is 3.61. The molecule has 1 fully saturated rings. The summed E-state index contributed by atoms with van der Waals surface area (Å²) >= 11 is 0. The quantitative estimate of drug-likeness (QED) is 0.633. The van der Waals surface area contributed by atoms with E-state index in [1.807, 2.05) is 43.3 Å². The van der Waals surface area contributed by atoms with Crippen LogP contribution >= 0.6 is 0 Å². The van der Waals surface area contributed by atoms with E-state index in [2.05, 4.69) is 5.32 Å². The summed E-state index contributed by atoms with van der Waals surface area (Å²) < 4.78 is 33.5. The van der Waals surface area contributed by atoms with Crippen LogP contribution in [0.2, 0.25) is 0 Å². The number of amides is 1. The van der Waals surface area contributed by atoms with Crippen molar-refractivity contribution in [2.45, 2.75) is 30.1 Å². The fourth-order valence-electron chi connectivity index (χ4n) is 4.10. The summed E-state index contributed by atoms with van der Waals surface area (Å²) in [5, 5.41) is 10.2. The monoisotopic (exact) mass is 449 g/mol. The zero-order valence-electron chi connectivity index (χ0n) is 17.3. The first-order valence-corrected chi connectivity index (χ1v) is 11.7. The Bertz CT molecular complexity index is 1330. The third-order valence-electron chi connectivity index (χ3n) is 6.07. The lowest BCUT2D eigenvalue weighted by Gasteiger charge is -2.17. The maximum absolute atomic E-state index is 13.1. The van der Waals surface area contributed by atoms with Gasteiger partial charge in [0.15, 0.2) is 11.5 Å². The van der Waals surface area contributed by atoms with Crippen LogP contribution in [-0.4, -0.2) is 21.1 Å². The number of benzene rings is 3. The van der Waals surface area contributed by atoms with Crippen molar-refractivity contribution in [2.75, 3.05) is 12.1 Å². The minimum atomic E-state index is -3.98. The summed E-state index contributed by atoms with van der Waals surface area (Å²) in [7, 11) is -3.98. The van der Waals surface area contributed by atoms with E-state index < -0.39 is 15.4 Å². The smallest absolute Gasteiger partial charge is 0.254 e. The number of anilines is 1. The van der Waals surface area contributed by atoms with Crippen molar-refractivity contribution in [3.63, 3.8) is 0 Å². The number of carbonyl (C=O) groups is 1.